The van der Waals surface area contributed by atoms with Crippen molar-refractivity contribution in [3.05, 3.63) is 40.7 Å². The van der Waals surface area contributed by atoms with Crippen LogP contribution in [0.4, 0.5) is 0 Å². The molecule has 1 N–H and O–H groups in total. The second kappa shape index (κ2) is 5.87. The van der Waals surface area contributed by atoms with Gasteiger partial charge in [0.2, 0.25) is 0 Å². The van der Waals surface area contributed by atoms with Gasteiger partial charge in [0.05, 0.1) is 0 Å². The predicted octanol–water partition coefficient (Wildman–Crippen LogP) is 2.37. The average molecular weight is 283 g/mol. The number of hydrogen-bond acceptors (Lipinski definition) is 4. The first-order valence-electron chi connectivity index (χ1n) is 7.18. The van der Waals surface area contributed by atoms with E-state index in [1.807, 2.05) is 30.3 Å². The lowest BCUT2D eigenvalue weighted by Crippen LogP contribution is -2.11. The van der Waals surface area contributed by atoms with E-state index in [0.29, 0.717) is 17.0 Å². The molecule has 6 nitrogen and oxygen atoms in total. The molecule has 0 unspecified atom stereocenters. The van der Waals surface area contributed by atoms with Gasteiger partial charge in [-0.2, -0.15) is 0 Å². The maximum atomic E-state index is 12.1. The van der Waals surface area contributed by atoms with E-state index in [2.05, 4.69) is 27.2 Å². The molecule has 0 saturated heterocycles. The third-order valence-corrected chi connectivity index (χ3v) is 3.39. The first kappa shape index (κ1) is 13.5. The zero-order valence-electron chi connectivity index (χ0n) is 11.9. The van der Waals surface area contributed by atoms with Gasteiger partial charge < -0.3 is 4.98 Å². The van der Waals surface area contributed by atoms with Crippen LogP contribution < -0.4 is 5.56 Å². The van der Waals surface area contributed by atoms with Crippen molar-refractivity contribution >= 4 is 11.2 Å². The Morgan fingerprint density at radius 3 is 2.76 bits per heavy atom. The van der Waals surface area contributed by atoms with Gasteiger partial charge in [-0.25, -0.2) is 9.67 Å². The largest absolute Gasteiger partial charge is 0.304 e. The molecular weight excluding hydrogens is 266 g/mol. The molecule has 0 bridgehead atoms. The maximum Gasteiger partial charge on any atom is 0.281 e. The highest BCUT2D eigenvalue weighted by molar-refractivity contribution is 5.71. The predicted molar refractivity (Wildman–Crippen MR) is 80.9 cm³/mol. The first-order chi connectivity index (χ1) is 10.3. The summed E-state index contributed by atoms with van der Waals surface area (Å²) < 4.78 is 1.71. The number of aryl methyl sites for hydroxylation is 1. The summed E-state index contributed by atoms with van der Waals surface area (Å²) in [6.45, 7) is 2.88. The number of aromatic amines is 1. The molecule has 6 heteroatoms. The van der Waals surface area contributed by atoms with Gasteiger partial charge in [-0.3, -0.25) is 4.79 Å². The molecule has 0 amide bonds. The smallest absolute Gasteiger partial charge is 0.281 e. The van der Waals surface area contributed by atoms with Crippen LogP contribution in [0.1, 0.15) is 26.2 Å². The van der Waals surface area contributed by atoms with Crippen molar-refractivity contribution in [1.29, 1.82) is 0 Å². The number of hydrogen-bond donors (Lipinski definition) is 1. The van der Waals surface area contributed by atoms with Crippen LogP contribution in [-0.2, 0) is 6.54 Å². The Kier molecular flexibility index (Phi) is 3.77. The molecule has 1 aromatic carbocycles. The lowest BCUT2D eigenvalue weighted by molar-refractivity contribution is 0.547. The molecule has 0 saturated carbocycles. The van der Waals surface area contributed by atoms with E-state index in [9.17, 15) is 4.79 Å². The van der Waals surface area contributed by atoms with E-state index in [1.165, 1.54) is 0 Å². The van der Waals surface area contributed by atoms with Crippen LogP contribution in [0.5, 0.6) is 0 Å². The summed E-state index contributed by atoms with van der Waals surface area (Å²) in [5.74, 6) is 0.548. The van der Waals surface area contributed by atoms with Gasteiger partial charge >= 0.3 is 0 Å². The maximum absolute atomic E-state index is 12.1. The lowest BCUT2D eigenvalue weighted by Gasteiger charge is -2.03. The quantitative estimate of drug-likeness (QED) is 0.729. The second-order valence-corrected chi connectivity index (χ2v) is 4.97. The van der Waals surface area contributed by atoms with Crippen LogP contribution in [0.2, 0.25) is 0 Å². The molecule has 3 rings (SSSR count). The zero-order valence-corrected chi connectivity index (χ0v) is 11.9. The minimum atomic E-state index is -0.249. The van der Waals surface area contributed by atoms with E-state index >= 15 is 0 Å². The second-order valence-electron chi connectivity index (χ2n) is 4.97. The number of fused-ring (bicyclic) bond motifs is 1. The van der Waals surface area contributed by atoms with Crippen molar-refractivity contribution in [2.45, 2.75) is 32.7 Å². The molecule has 0 fully saturated rings. The Bertz CT molecular complexity index is 791. The van der Waals surface area contributed by atoms with Gasteiger partial charge in [0.1, 0.15) is 5.82 Å². The van der Waals surface area contributed by atoms with Crippen LogP contribution in [0.25, 0.3) is 22.6 Å². The Hall–Kier alpha value is -2.50. The van der Waals surface area contributed by atoms with Crippen LogP contribution in [0.3, 0.4) is 0 Å². The fourth-order valence-electron chi connectivity index (χ4n) is 2.26. The van der Waals surface area contributed by atoms with Crippen molar-refractivity contribution in [3.63, 3.8) is 0 Å². The van der Waals surface area contributed by atoms with Gasteiger partial charge in [-0.05, 0) is 6.42 Å². The van der Waals surface area contributed by atoms with Gasteiger partial charge in [0, 0.05) is 12.1 Å². The Morgan fingerprint density at radius 1 is 1.19 bits per heavy atom. The van der Waals surface area contributed by atoms with Crippen LogP contribution in [0, 0.1) is 0 Å². The van der Waals surface area contributed by atoms with Gasteiger partial charge in [0.15, 0.2) is 11.2 Å². The topological polar surface area (TPSA) is 76.5 Å². The highest BCUT2D eigenvalue weighted by atomic mass is 16.1. The molecule has 0 aliphatic carbocycles. The normalized spacial score (nSPS) is 11.1. The monoisotopic (exact) mass is 283 g/mol. The van der Waals surface area contributed by atoms with E-state index in [1.54, 1.807) is 4.68 Å². The highest BCUT2D eigenvalue weighted by Gasteiger charge is 2.12. The van der Waals surface area contributed by atoms with Crippen molar-refractivity contribution in [2.24, 2.45) is 0 Å². The Morgan fingerprint density at radius 2 is 2.00 bits per heavy atom. The summed E-state index contributed by atoms with van der Waals surface area (Å²) in [5, 5.41) is 7.99. The van der Waals surface area contributed by atoms with Crippen molar-refractivity contribution in [1.82, 2.24) is 25.0 Å². The molecule has 0 aliphatic heterocycles. The molecule has 3 aromatic rings. The standard InChI is InChI=1S/C15H17N5O/c1-2-3-7-10-20-14-12(18-19-20)15(21)17-13(16-14)11-8-5-4-6-9-11/h4-6,8-9H,2-3,7,10H2,1H3,(H,16,17,21). The van der Waals surface area contributed by atoms with E-state index in [-0.39, 0.29) is 5.56 Å². The van der Waals surface area contributed by atoms with Crippen molar-refractivity contribution < 1.29 is 0 Å². The summed E-state index contributed by atoms with van der Waals surface area (Å²) in [6.07, 6.45) is 3.26. The molecule has 0 atom stereocenters. The molecule has 0 aliphatic rings. The zero-order chi connectivity index (χ0) is 14.7. The van der Waals surface area contributed by atoms with Crippen molar-refractivity contribution in [2.75, 3.05) is 0 Å². The summed E-state index contributed by atoms with van der Waals surface area (Å²) in [6, 6.07) is 9.58. The molecule has 2 heterocycles. The molecule has 108 valence electrons. The number of H-pyrrole nitrogens is 1. The summed E-state index contributed by atoms with van der Waals surface area (Å²) in [7, 11) is 0. The average Bonchev–Trinajstić information content (AvgIpc) is 2.92. The summed E-state index contributed by atoms with van der Waals surface area (Å²) >= 11 is 0. The SMILES string of the molecule is CCCCCn1nnc2c(=O)[nH]c(-c3ccccc3)nc21. The van der Waals surface area contributed by atoms with E-state index < -0.39 is 0 Å². The number of nitrogens with zero attached hydrogens (tertiary/aromatic N) is 4. The van der Waals surface area contributed by atoms with Gasteiger partial charge in [-0.1, -0.05) is 55.3 Å². The molecule has 0 radical (unpaired) electrons. The summed E-state index contributed by atoms with van der Waals surface area (Å²) in [5.41, 5.74) is 1.47. The minimum absolute atomic E-state index is 0.249. The van der Waals surface area contributed by atoms with Crippen molar-refractivity contribution in [3.8, 4) is 11.4 Å². The fourth-order valence-corrected chi connectivity index (χ4v) is 2.26. The van der Waals surface area contributed by atoms with Crippen LogP contribution in [-0.4, -0.2) is 25.0 Å². The third-order valence-electron chi connectivity index (χ3n) is 3.39. The first-order valence-corrected chi connectivity index (χ1v) is 7.18. The Balaban J connectivity index is 2.05. The third kappa shape index (κ3) is 2.69. The molecular formula is C15H17N5O. The number of nitrogens with one attached hydrogen (secondary N) is 1. The number of aromatic nitrogens is 5. The molecule has 0 spiro atoms. The highest BCUT2D eigenvalue weighted by Crippen LogP contribution is 2.15. The van der Waals surface area contributed by atoms with E-state index in [0.717, 1.165) is 31.4 Å². The molecule has 2 aromatic heterocycles. The lowest BCUT2D eigenvalue weighted by atomic mass is 10.2. The summed E-state index contributed by atoms with van der Waals surface area (Å²) in [4.78, 5) is 19.4. The number of unbranched alkanes of at least 4 members (excludes halogenated alkanes) is 2. The number of rotatable bonds is 5. The minimum Gasteiger partial charge on any atom is -0.304 e. The Labute approximate surface area is 121 Å². The molecule has 21 heavy (non-hydrogen) atoms. The van der Waals surface area contributed by atoms with E-state index in [4.69, 9.17) is 0 Å². The number of benzene rings is 1. The van der Waals surface area contributed by atoms with Gasteiger partial charge in [-0.15, -0.1) is 5.10 Å². The fraction of sp³-hybridized carbons (Fsp3) is 0.333. The van der Waals surface area contributed by atoms with Crippen LogP contribution in [0.15, 0.2) is 35.1 Å². The van der Waals surface area contributed by atoms with Gasteiger partial charge in [0.25, 0.3) is 5.56 Å². The van der Waals surface area contributed by atoms with Crippen LogP contribution >= 0.6 is 0 Å².